The molecule has 17 heavy (non-hydrogen) atoms. The van der Waals surface area contributed by atoms with E-state index in [1.807, 2.05) is 0 Å². The Morgan fingerprint density at radius 2 is 1.82 bits per heavy atom. The third-order valence-electron chi connectivity index (χ3n) is 2.42. The lowest BCUT2D eigenvalue weighted by atomic mass is 9.88. The molecule has 0 radical (unpaired) electrons. The Kier molecular flexibility index (Phi) is 5.61. The average Bonchev–Trinajstić information content (AvgIpc) is 2.08. The minimum absolute atomic E-state index is 0.0899. The summed E-state index contributed by atoms with van der Waals surface area (Å²) in [5.41, 5.74) is 5.94. The first-order chi connectivity index (χ1) is 7.43. The van der Waals surface area contributed by atoms with Crippen LogP contribution in [0.1, 0.15) is 34.1 Å². The van der Waals surface area contributed by atoms with Gasteiger partial charge in [0.15, 0.2) is 9.84 Å². The molecular formula is C11H24N2O3S. The molecule has 5 nitrogen and oxygen atoms in total. The Bertz CT molecular complexity index is 357. The molecule has 0 rings (SSSR count). The van der Waals surface area contributed by atoms with Gasteiger partial charge in [0.2, 0.25) is 5.91 Å². The summed E-state index contributed by atoms with van der Waals surface area (Å²) in [5.74, 6) is -0.489. The van der Waals surface area contributed by atoms with E-state index in [2.05, 4.69) is 26.1 Å². The van der Waals surface area contributed by atoms with Crippen LogP contribution < -0.4 is 11.1 Å². The quantitative estimate of drug-likeness (QED) is 0.747. The molecule has 0 spiro atoms. The van der Waals surface area contributed by atoms with Crippen molar-refractivity contribution in [3.8, 4) is 0 Å². The van der Waals surface area contributed by atoms with Crippen LogP contribution in [0.15, 0.2) is 0 Å². The maximum Gasteiger partial charge on any atom is 0.238 e. The van der Waals surface area contributed by atoms with E-state index in [1.165, 1.54) is 6.92 Å². The second-order valence-corrected chi connectivity index (χ2v) is 8.11. The summed E-state index contributed by atoms with van der Waals surface area (Å²) in [5, 5.41) is 1.54. The number of rotatable bonds is 5. The molecule has 2 atom stereocenters. The minimum atomic E-state index is -3.34. The zero-order valence-corrected chi connectivity index (χ0v) is 12.1. The Morgan fingerprint density at radius 3 is 2.18 bits per heavy atom. The summed E-state index contributed by atoms with van der Waals surface area (Å²) < 4.78 is 22.3. The van der Waals surface area contributed by atoms with Crippen molar-refractivity contribution in [1.29, 1.82) is 0 Å². The molecule has 1 amide bonds. The van der Waals surface area contributed by atoms with E-state index in [1.54, 1.807) is 0 Å². The lowest BCUT2D eigenvalue weighted by Crippen LogP contribution is -2.44. The van der Waals surface area contributed by atoms with Crippen molar-refractivity contribution < 1.29 is 13.2 Å². The number of nitrogens with two attached hydrogens (primary N) is 1. The number of carbonyl (C=O) groups is 1. The lowest BCUT2D eigenvalue weighted by Gasteiger charge is -2.23. The highest BCUT2D eigenvalue weighted by Gasteiger charge is 2.24. The van der Waals surface area contributed by atoms with Crippen LogP contribution in [0.5, 0.6) is 0 Å². The smallest absolute Gasteiger partial charge is 0.238 e. The van der Waals surface area contributed by atoms with Crippen LogP contribution in [-0.2, 0) is 14.6 Å². The average molecular weight is 264 g/mol. The topological polar surface area (TPSA) is 89.3 Å². The SMILES string of the molecule is CC(C(=O)NCC(N)CC(C)(C)C)S(C)(=O)=O. The van der Waals surface area contributed by atoms with E-state index in [9.17, 15) is 13.2 Å². The van der Waals surface area contributed by atoms with Gasteiger partial charge in [0.05, 0.1) is 0 Å². The molecule has 0 aromatic carbocycles. The third kappa shape index (κ3) is 7.33. The summed E-state index contributed by atoms with van der Waals surface area (Å²) in [7, 11) is -3.34. The second-order valence-electron chi connectivity index (χ2n) is 5.74. The Balaban J connectivity index is 4.18. The van der Waals surface area contributed by atoms with Crippen molar-refractivity contribution in [1.82, 2.24) is 5.32 Å². The highest BCUT2D eigenvalue weighted by Crippen LogP contribution is 2.19. The largest absolute Gasteiger partial charge is 0.353 e. The standard InChI is InChI=1S/C11H24N2O3S/c1-8(17(5,15)16)10(14)13-7-9(12)6-11(2,3)4/h8-9H,6-7,12H2,1-5H3,(H,13,14). The monoisotopic (exact) mass is 264 g/mol. The molecule has 3 N–H and O–H groups in total. The molecule has 102 valence electrons. The summed E-state index contributed by atoms with van der Waals surface area (Å²) in [6.07, 6.45) is 1.81. The summed E-state index contributed by atoms with van der Waals surface area (Å²) in [4.78, 5) is 11.5. The molecule has 0 aromatic rings. The maximum absolute atomic E-state index is 11.5. The zero-order chi connectivity index (χ0) is 13.9. The fraction of sp³-hybridized carbons (Fsp3) is 0.909. The van der Waals surface area contributed by atoms with Crippen LogP contribution in [0.2, 0.25) is 0 Å². The Hall–Kier alpha value is -0.620. The molecule has 0 fully saturated rings. The van der Waals surface area contributed by atoms with Gasteiger partial charge in [0.25, 0.3) is 0 Å². The first-order valence-electron chi connectivity index (χ1n) is 5.65. The van der Waals surface area contributed by atoms with E-state index < -0.39 is 21.0 Å². The summed E-state index contributed by atoms with van der Waals surface area (Å²) in [6.45, 7) is 7.87. The molecule has 0 aliphatic carbocycles. The normalized spacial score (nSPS) is 16.4. The van der Waals surface area contributed by atoms with Gasteiger partial charge in [0, 0.05) is 18.8 Å². The van der Waals surface area contributed by atoms with Gasteiger partial charge in [0.1, 0.15) is 5.25 Å². The van der Waals surface area contributed by atoms with Gasteiger partial charge in [-0.15, -0.1) is 0 Å². The van der Waals surface area contributed by atoms with Crippen LogP contribution in [-0.4, -0.2) is 38.4 Å². The van der Waals surface area contributed by atoms with Crippen LogP contribution in [0.3, 0.4) is 0 Å². The van der Waals surface area contributed by atoms with Gasteiger partial charge in [-0.3, -0.25) is 4.79 Å². The molecule has 6 heteroatoms. The van der Waals surface area contributed by atoms with Crippen molar-refractivity contribution in [3.63, 3.8) is 0 Å². The molecule has 0 bridgehead atoms. The number of hydrogen-bond acceptors (Lipinski definition) is 4. The van der Waals surface area contributed by atoms with Gasteiger partial charge in [-0.1, -0.05) is 20.8 Å². The number of amides is 1. The van der Waals surface area contributed by atoms with Gasteiger partial charge in [-0.25, -0.2) is 8.42 Å². The van der Waals surface area contributed by atoms with Crippen molar-refractivity contribution in [2.75, 3.05) is 12.8 Å². The van der Waals surface area contributed by atoms with Crippen molar-refractivity contribution in [3.05, 3.63) is 0 Å². The number of nitrogens with one attached hydrogen (secondary N) is 1. The number of hydrogen-bond donors (Lipinski definition) is 2. The van der Waals surface area contributed by atoms with E-state index >= 15 is 0 Å². The fourth-order valence-electron chi connectivity index (χ4n) is 1.43. The Morgan fingerprint density at radius 1 is 1.35 bits per heavy atom. The van der Waals surface area contributed by atoms with E-state index in [4.69, 9.17) is 5.73 Å². The molecule has 0 aromatic heterocycles. The van der Waals surface area contributed by atoms with Crippen molar-refractivity contribution >= 4 is 15.7 Å². The maximum atomic E-state index is 11.5. The fourth-order valence-corrected chi connectivity index (χ4v) is 1.90. The highest BCUT2D eigenvalue weighted by molar-refractivity contribution is 7.92. The summed E-state index contributed by atoms with van der Waals surface area (Å²) >= 11 is 0. The molecule has 0 saturated carbocycles. The first kappa shape index (κ1) is 16.4. The van der Waals surface area contributed by atoms with Crippen LogP contribution in [0, 0.1) is 5.41 Å². The minimum Gasteiger partial charge on any atom is -0.353 e. The van der Waals surface area contributed by atoms with Crippen molar-refractivity contribution in [2.24, 2.45) is 11.1 Å². The van der Waals surface area contributed by atoms with Crippen LogP contribution in [0.25, 0.3) is 0 Å². The van der Waals surface area contributed by atoms with Gasteiger partial charge in [-0.05, 0) is 18.8 Å². The lowest BCUT2D eigenvalue weighted by molar-refractivity contribution is -0.120. The highest BCUT2D eigenvalue weighted by atomic mass is 32.2. The molecule has 0 aliphatic rings. The van der Waals surface area contributed by atoms with Gasteiger partial charge >= 0.3 is 0 Å². The van der Waals surface area contributed by atoms with Gasteiger partial charge < -0.3 is 11.1 Å². The van der Waals surface area contributed by atoms with Crippen LogP contribution >= 0.6 is 0 Å². The predicted octanol–water partition coefficient (Wildman–Crippen LogP) is 0.299. The van der Waals surface area contributed by atoms with Crippen molar-refractivity contribution in [2.45, 2.75) is 45.4 Å². The molecule has 2 unspecified atom stereocenters. The predicted molar refractivity (Wildman–Crippen MR) is 69.4 cm³/mol. The number of sulfone groups is 1. The third-order valence-corrected chi connectivity index (χ3v) is 3.92. The first-order valence-corrected chi connectivity index (χ1v) is 7.61. The molecule has 0 aliphatic heterocycles. The second kappa shape index (κ2) is 5.82. The molecule has 0 saturated heterocycles. The molecular weight excluding hydrogens is 240 g/mol. The van der Waals surface area contributed by atoms with Gasteiger partial charge in [-0.2, -0.15) is 0 Å². The van der Waals surface area contributed by atoms with E-state index in [0.717, 1.165) is 12.7 Å². The van der Waals surface area contributed by atoms with E-state index in [0.29, 0.717) is 6.54 Å². The molecule has 0 heterocycles. The number of carbonyl (C=O) groups excluding carboxylic acids is 1. The zero-order valence-electron chi connectivity index (χ0n) is 11.3. The summed E-state index contributed by atoms with van der Waals surface area (Å²) in [6, 6.07) is -0.161. The van der Waals surface area contributed by atoms with E-state index in [-0.39, 0.29) is 11.5 Å². The Labute approximate surface area is 104 Å². The van der Waals surface area contributed by atoms with Crippen LogP contribution in [0.4, 0.5) is 0 Å².